The van der Waals surface area contributed by atoms with Gasteiger partial charge < -0.3 is 10.6 Å². The Balaban J connectivity index is 1.81. The number of hydrogen-bond acceptors (Lipinski definition) is 4. The molecule has 0 saturated carbocycles. The van der Waals surface area contributed by atoms with E-state index in [9.17, 15) is 9.59 Å². The van der Waals surface area contributed by atoms with E-state index in [1.165, 1.54) is 43.9 Å². The number of unbranched alkanes of at least 4 members (excludes halogenated alkanes) is 4. The van der Waals surface area contributed by atoms with Gasteiger partial charge in [-0.1, -0.05) is 53.3 Å². The fraction of sp³-hybridized carbons (Fsp3) is 0.778. The average Bonchev–Trinajstić information content (AvgIpc) is 3.07. The van der Waals surface area contributed by atoms with E-state index in [0.717, 1.165) is 24.5 Å². The van der Waals surface area contributed by atoms with Gasteiger partial charge in [-0.05, 0) is 38.7 Å². The summed E-state index contributed by atoms with van der Waals surface area (Å²) < 4.78 is 0. The Morgan fingerprint density at radius 2 is 1.79 bits per heavy atom. The fourth-order valence-corrected chi connectivity index (χ4v) is 5.61. The molecule has 1 unspecified atom stereocenters. The van der Waals surface area contributed by atoms with Crippen molar-refractivity contribution in [3.63, 3.8) is 0 Å². The zero-order valence-electron chi connectivity index (χ0n) is 14.9. The number of nitrogens with one attached hydrogen (secondary N) is 2. The Labute approximate surface area is 154 Å². The van der Waals surface area contributed by atoms with Crippen molar-refractivity contribution in [1.29, 1.82) is 0 Å². The fourth-order valence-electron chi connectivity index (χ4n) is 2.58. The molecule has 138 valence electrons. The predicted octanol–water partition coefficient (Wildman–Crippen LogP) is 4.07. The molecule has 0 aliphatic carbocycles. The first kappa shape index (κ1) is 21.4. The highest BCUT2D eigenvalue weighted by Crippen LogP contribution is 2.39. The van der Waals surface area contributed by atoms with Crippen LogP contribution in [0.3, 0.4) is 0 Å². The lowest BCUT2D eigenvalue weighted by atomic mass is 10.1. The smallest absolute Gasteiger partial charge is 0.243 e. The van der Waals surface area contributed by atoms with E-state index >= 15 is 0 Å². The van der Waals surface area contributed by atoms with Crippen LogP contribution in [0.5, 0.6) is 0 Å². The average molecular weight is 373 g/mol. The van der Waals surface area contributed by atoms with Crippen molar-refractivity contribution in [2.45, 2.75) is 70.0 Å². The van der Waals surface area contributed by atoms with Crippen molar-refractivity contribution in [1.82, 2.24) is 10.6 Å². The second kappa shape index (κ2) is 14.7. The van der Waals surface area contributed by atoms with Crippen LogP contribution in [0, 0.1) is 0 Å². The monoisotopic (exact) mass is 372 g/mol. The van der Waals surface area contributed by atoms with Gasteiger partial charge in [0.25, 0.3) is 0 Å². The molecule has 0 aromatic carbocycles. The number of allylic oxidation sites excluding steroid dienone is 1. The topological polar surface area (TPSA) is 58.2 Å². The largest absolute Gasteiger partial charge is 0.356 e. The van der Waals surface area contributed by atoms with Crippen LogP contribution in [0.4, 0.5) is 0 Å². The quantitative estimate of drug-likeness (QED) is 0.291. The summed E-state index contributed by atoms with van der Waals surface area (Å²) in [6.07, 6.45) is 13.4. The van der Waals surface area contributed by atoms with Crippen LogP contribution >= 0.6 is 21.6 Å². The molecule has 2 amide bonds. The lowest BCUT2D eigenvalue weighted by Gasteiger charge is -2.07. The third kappa shape index (κ3) is 11.8. The highest BCUT2D eigenvalue weighted by atomic mass is 33.1. The maximum absolute atomic E-state index is 11.7. The minimum Gasteiger partial charge on any atom is -0.356 e. The summed E-state index contributed by atoms with van der Waals surface area (Å²) in [7, 11) is 4.09. The van der Waals surface area contributed by atoms with Crippen LogP contribution < -0.4 is 10.6 Å². The summed E-state index contributed by atoms with van der Waals surface area (Å²) in [5.41, 5.74) is 0. The molecule has 6 heteroatoms. The second-order valence-corrected chi connectivity index (χ2v) is 8.92. The first-order valence-electron chi connectivity index (χ1n) is 9.18. The summed E-state index contributed by atoms with van der Waals surface area (Å²) in [5, 5.41) is 6.58. The van der Waals surface area contributed by atoms with Crippen molar-refractivity contribution < 1.29 is 9.59 Å². The summed E-state index contributed by atoms with van der Waals surface area (Å²) in [5.74, 6) is 1.38. The van der Waals surface area contributed by atoms with Crippen LogP contribution in [0.15, 0.2) is 12.2 Å². The third-order valence-electron chi connectivity index (χ3n) is 3.95. The highest BCUT2D eigenvalue weighted by Gasteiger charge is 2.15. The van der Waals surface area contributed by atoms with Gasteiger partial charge in [0.1, 0.15) is 0 Å². The van der Waals surface area contributed by atoms with Crippen molar-refractivity contribution in [3.8, 4) is 0 Å². The van der Waals surface area contributed by atoms with Gasteiger partial charge in [0.15, 0.2) is 0 Å². The van der Waals surface area contributed by atoms with E-state index in [2.05, 4.69) is 21.4 Å². The van der Waals surface area contributed by atoms with Crippen molar-refractivity contribution in [2.24, 2.45) is 0 Å². The van der Waals surface area contributed by atoms with Gasteiger partial charge in [-0.25, -0.2) is 0 Å². The molecule has 2 N–H and O–H groups in total. The molecule has 1 aliphatic rings. The molecular formula is C18H32N2O2S2. The summed E-state index contributed by atoms with van der Waals surface area (Å²) in [6.45, 7) is 3.04. The van der Waals surface area contributed by atoms with Gasteiger partial charge in [0.05, 0.1) is 0 Å². The van der Waals surface area contributed by atoms with E-state index in [0.29, 0.717) is 19.5 Å². The summed E-state index contributed by atoms with van der Waals surface area (Å²) in [6, 6.07) is 0. The van der Waals surface area contributed by atoms with Gasteiger partial charge in [0, 0.05) is 30.5 Å². The number of carbonyl (C=O) groups excluding carboxylic acids is 2. The van der Waals surface area contributed by atoms with E-state index in [4.69, 9.17) is 0 Å². The van der Waals surface area contributed by atoms with Gasteiger partial charge >= 0.3 is 0 Å². The van der Waals surface area contributed by atoms with E-state index in [-0.39, 0.29) is 11.8 Å². The summed E-state index contributed by atoms with van der Waals surface area (Å²) >= 11 is 0. The lowest BCUT2D eigenvalue weighted by molar-refractivity contribution is -0.121. The molecule has 0 spiro atoms. The molecular weight excluding hydrogens is 340 g/mol. The van der Waals surface area contributed by atoms with Crippen molar-refractivity contribution >= 4 is 33.4 Å². The standard InChI is InChI=1S/C18H32N2O2S2/c1-2-9-17(21)19-13-8-14-20-18(22)11-7-5-3-4-6-10-16-12-15-23-24-16/h2,9,16H,3-8,10-15H2,1H3,(H,19,21)(H,20,22). The van der Waals surface area contributed by atoms with Crippen LogP contribution in [0.25, 0.3) is 0 Å². The minimum atomic E-state index is -0.0749. The molecule has 0 radical (unpaired) electrons. The third-order valence-corrected chi connectivity index (χ3v) is 6.96. The molecule has 4 nitrogen and oxygen atoms in total. The maximum atomic E-state index is 11.7. The first-order valence-corrected chi connectivity index (χ1v) is 11.6. The maximum Gasteiger partial charge on any atom is 0.243 e. The Bertz CT molecular complexity index is 383. The van der Waals surface area contributed by atoms with Crippen molar-refractivity contribution in [3.05, 3.63) is 12.2 Å². The molecule has 1 saturated heterocycles. The normalized spacial score (nSPS) is 17.3. The van der Waals surface area contributed by atoms with E-state index < -0.39 is 0 Å². The SMILES string of the molecule is CC=CC(=O)NCCCNC(=O)CCCCCCCC1CCSS1. The second-order valence-electron chi connectivity index (χ2n) is 6.13. The molecule has 1 fully saturated rings. The summed E-state index contributed by atoms with van der Waals surface area (Å²) in [4.78, 5) is 22.9. The predicted molar refractivity (Wildman–Crippen MR) is 106 cm³/mol. The van der Waals surface area contributed by atoms with E-state index in [1.54, 1.807) is 6.08 Å². The van der Waals surface area contributed by atoms with Gasteiger partial charge in [-0.2, -0.15) is 0 Å². The van der Waals surface area contributed by atoms with Gasteiger partial charge in [-0.15, -0.1) is 0 Å². The van der Waals surface area contributed by atoms with E-state index in [1.807, 2.05) is 17.7 Å². The molecule has 1 rings (SSSR count). The van der Waals surface area contributed by atoms with Crippen LogP contribution in [0.2, 0.25) is 0 Å². The molecule has 0 aromatic heterocycles. The van der Waals surface area contributed by atoms with Gasteiger partial charge in [-0.3, -0.25) is 9.59 Å². The van der Waals surface area contributed by atoms with Crippen molar-refractivity contribution in [2.75, 3.05) is 18.8 Å². The molecule has 1 aliphatic heterocycles. The number of carbonyl (C=O) groups is 2. The minimum absolute atomic E-state index is 0.0749. The number of amides is 2. The number of rotatable bonds is 13. The molecule has 0 bridgehead atoms. The highest BCUT2D eigenvalue weighted by molar-refractivity contribution is 8.77. The molecule has 1 atom stereocenters. The Morgan fingerprint density at radius 1 is 1.04 bits per heavy atom. The molecule has 0 aromatic rings. The Hall–Kier alpha value is -0.620. The van der Waals surface area contributed by atoms with Crippen LogP contribution in [-0.2, 0) is 9.59 Å². The van der Waals surface area contributed by atoms with Gasteiger partial charge in [0.2, 0.25) is 11.8 Å². The molecule has 1 heterocycles. The first-order chi connectivity index (χ1) is 11.7. The molecule has 24 heavy (non-hydrogen) atoms. The Kier molecular flexibility index (Phi) is 13.1. The zero-order chi connectivity index (χ0) is 17.5. The lowest BCUT2D eigenvalue weighted by Crippen LogP contribution is -2.28. The van der Waals surface area contributed by atoms with Crippen LogP contribution in [-0.4, -0.2) is 35.9 Å². The Morgan fingerprint density at radius 3 is 2.54 bits per heavy atom. The van der Waals surface area contributed by atoms with Crippen LogP contribution in [0.1, 0.15) is 64.7 Å². The zero-order valence-corrected chi connectivity index (χ0v) is 16.5. The number of hydrogen-bond donors (Lipinski definition) is 2.